The van der Waals surface area contributed by atoms with Gasteiger partial charge in [-0.1, -0.05) is 35.5 Å². The number of rotatable bonds is 5. The van der Waals surface area contributed by atoms with Crippen molar-refractivity contribution in [1.82, 2.24) is 15.5 Å². The zero-order chi connectivity index (χ0) is 19.5. The van der Waals surface area contributed by atoms with Crippen LogP contribution in [-0.4, -0.2) is 35.1 Å². The number of hydrogen-bond donors (Lipinski definition) is 1. The van der Waals surface area contributed by atoms with E-state index in [4.69, 9.17) is 9.26 Å². The summed E-state index contributed by atoms with van der Waals surface area (Å²) < 4.78 is 10.6. The number of benzene rings is 2. The van der Waals surface area contributed by atoms with Crippen molar-refractivity contribution < 1.29 is 18.8 Å². The van der Waals surface area contributed by atoms with Crippen LogP contribution in [0.5, 0.6) is 5.75 Å². The quantitative estimate of drug-likeness (QED) is 0.732. The molecular formula is C20H18N4O4. The van der Waals surface area contributed by atoms with Crippen LogP contribution < -0.4 is 15.0 Å². The summed E-state index contributed by atoms with van der Waals surface area (Å²) in [6.45, 7) is 2.82. The van der Waals surface area contributed by atoms with Crippen molar-refractivity contribution in [3.05, 3.63) is 60.0 Å². The number of anilines is 1. The van der Waals surface area contributed by atoms with E-state index in [1.54, 1.807) is 23.1 Å². The first-order chi connectivity index (χ1) is 13.7. The molecule has 2 heterocycles. The molecule has 1 N–H and O–H groups in total. The van der Waals surface area contributed by atoms with Gasteiger partial charge in [0.2, 0.25) is 5.82 Å². The number of amides is 2. The van der Waals surface area contributed by atoms with Gasteiger partial charge in [-0.15, -0.1) is 0 Å². The van der Waals surface area contributed by atoms with Crippen LogP contribution in [0.3, 0.4) is 0 Å². The first kappa shape index (κ1) is 17.7. The summed E-state index contributed by atoms with van der Waals surface area (Å²) in [5.41, 5.74) is 2.30. The second-order valence-corrected chi connectivity index (χ2v) is 6.20. The molecule has 0 bridgehead atoms. The Balaban J connectivity index is 1.50. The van der Waals surface area contributed by atoms with E-state index < -0.39 is 5.91 Å². The average molecular weight is 378 g/mol. The number of carbonyl (C=O) groups is 2. The molecule has 0 spiro atoms. The van der Waals surface area contributed by atoms with Crippen LogP contribution in [0, 0.1) is 0 Å². The lowest BCUT2D eigenvalue weighted by Gasteiger charge is -2.28. The van der Waals surface area contributed by atoms with Gasteiger partial charge in [0, 0.05) is 18.7 Å². The molecule has 2 aromatic carbocycles. The van der Waals surface area contributed by atoms with Gasteiger partial charge < -0.3 is 19.5 Å². The normalized spacial score (nSPS) is 13.0. The Bertz CT molecular complexity index is 1020. The SMILES string of the molecule is CCN1C(=O)COc2cc(-c3noc(C(=O)NCc4ccccc4)n3)ccc21. The lowest BCUT2D eigenvalue weighted by molar-refractivity contribution is -0.121. The van der Waals surface area contributed by atoms with Gasteiger partial charge in [-0.05, 0) is 30.7 Å². The minimum absolute atomic E-state index is 0.0102. The maximum atomic E-state index is 12.2. The monoisotopic (exact) mass is 378 g/mol. The first-order valence-corrected chi connectivity index (χ1v) is 8.89. The lowest BCUT2D eigenvalue weighted by Crippen LogP contribution is -2.38. The predicted octanol–water partition coefficient (Wildman–Crippen LogP) is 2.41. The van der Waals surface area contributed by atoms with E-state index in [-0.39, 0.29) is 24.2 Å². The van der Waals surface area contributed by atoms with Crippen molar-refractivity contribution in [1.29, 1.82) is 0 Å². The Morgan fingerprint density at radius 3 is 2.82 bits per heavy atom. The van der Waals surface area contributed by atoms with Gasteiger partial charge in [-0.2, -0.15) is 4.98 Å². The Hall–Kier alpha value is -3.68. The molecule has 8 heteroatoms. The molecule has 0 fully saturated rings. The van der Waals surface area contributed by atoms with Crippen LogP contribution in [-0.2, 0) is 11.3 Å². The Kier molecular flexibility index (Phi) is 4.76. The first-order valence-electron chi connectivity index (χ1n) is 8.89. The maximum Gasteiger partial charge on any atom is 0.316 e. The molecule has 0 radical (unpaired) electrons. The van der Waals surface area contributed by atoms with Crippen molar-refractivity contribution in [3.63, 3.8) is 0 Å². The highest BCUT2D eigenvalue weighted by Gasteiger charge is 2.25. The summed E-state index contributed by atoms with van der Waals surface area (Å²) in [5.74, 6) is 0.198. The summed E-state index contributed by atoms with van der Waals surface area (Å²) in [6.07, 6.45) is 0. The van der Waals surface area contributed by atoms with Crippen LogP contribution in [0.1, 0.15) is 23.2 Å². The van der Waals surface area contributed by atoms with Crippen molar-refractivity contribution in [2.24, 2.45) is 0 Å². The van der Waals surface area contributed by atoms with E-state index in [0.717, 1.165) is 5.56 Å². The van der Waals surface area contributed by atoms with E-state index in [1.807, 2.05) is 37.3 Å². The minimum atomic E-state index is -0.445. The minimum Gasteiger partial charge on any atom is -0.482 e. The smallest absolute Gasteiger partial charge is 0.316 e. The van der Waals surface area contributed by atoms with Gasteiger partial charge in [0.05, 0.1) is 5.69 Å². The second kappa shape index (κ2) is 7.51. The van der Waals surface area contributed by atoms with Crippen LogP contribution in [0.15, 0.2) is 53.1 Å². The van der Waals surface area contributed by atoms with E-state index >= 15 is 0 Å². The maximum absolute atomic E-state index is 12.2. The van der Waals surface area contributed by atoms with Gasteiger partial charge in [-0.25, -0.2) is 0 Å². The fraction of sp³-hybridized carbons (Fsp3) is 0.200. The molecule has 1 aliphatic heterocycles. The fourth-order valence-electron chi connectivity index (χ4n) is 2.98. The molecule has 4 rings (SSSR count). The fourth-order valence-corrected chi connectivity index (χ4v) is 2.98. The molecule has 142 valence electrons. The van der Waals surface area contributed by atoms with Crippen molar-refractivity contribution in [2.75, 3.05) is 18.1 Å². The Labute approximate surface area is 161 Å². The molecular weight excluding hydrogens is 360 g/mol. The predicted molar refractivity (Wildman–Crippen MR) is 101 cm³/mol. The summed E-state index contributed by atoms with van der Waals surface area (Å²) in [5, 5.41) is 6.63. The largest absolute Gasteiger partial charge is 0.482 e. The Morgan fingerprint density at radius 1 is 1.21 bits per heavy atom. The third-order valence-electron chi connectivity index (χ3n) is 4.39. The number of carbonyl (C=O) groups excluding carboxylic acids is 2. The zero-order valence-electron chi connectivity index (χ0n) is 15.2. The molecule has 0 atom stereocenters. The van der Waals surface area contributed by atoms with Crippen LogP contribution in [0.4, 0.5) is 5.69 Å². The molecule has 28 heavy (non-hydrogen) atoms. The molecule has 3 aromatic rings. The third kappa shape index (κ3) is 3.44. The van der Waals surface area contributed by atoms with E-state index in [2.05, 4.69) is 15.5 Å². The number of nitrogens with one attached hydrogen (secondary N) is 1. The molecule has 1 aliphatic rings. The van der Waals surface area contributed by atoms with Gasteiger partial charge >= 0.3 is 11.8 Å². The Morgan fingerprint density at radius 2 is 2.04 bits per heavy atom. The summed E-state index contributed by atoms with van der Waals surface area (Å²) in [6, 6.07) is 14.8. The number of aromatic nitrogens is 2. The highest BCUT2D eigenvalue weighted by atomic mass is 16.5. The van der Waals surface area contributed by atoms with Crippen molar-refractivity contribution in [3.8, 4) is 17.1 Å². The van der Waals surface area contributed by atoms with Crippen LogP contribution in [0.2, 0.25) is 0 Å². The zero-order valence-corrected chi connectivity index (χ0v) is 15.2. The number of fused-ring (bicyclic) bond motifs is 1. The number of hydrogen-bond acceptors (Lipinski definition) is 6. The summed E-state index contributed by atoms with van der Waals surface area (Å²) in [4.78, 5) is 30.0. The summed E-state index contributed by atoms with van der Waals surface area (Å²) in [7, 11) is 0. The van der Waals surface area contributed by atoms with E-state index in [1.165, 1.54) is 0 Å². The van der Waals surface area contributed by atoms with Crippen LogP contribution >= 0.6 is 0 Å². The standard InChI is InChI=1S/C20H18N4O4/c1-2-24-15-9-8-14(10-16(15)27-12-17(24)25)18-22-20(28-23-18)19(26)21-11-13-6-4-3-5-7-13/h3-10H,2,11-12H2,1H3,(H,21,26). The molecule has 1 aromatic heterocycles. The van der Waals surface area contributed by atoms with Gasteiger partial charge in [0.25, 0.3) is 5.91 Å². The third-order valence-corrected chi connectivity index (χ3v) is 4.39. The number of ether oxygens (including phenoxy) is 1. The molecule has 0 saturated carbocycles. The van der Waals surface area contributed by atoms with Crippen LogP contribution in [0.25, 0.3) is 11.4 Å². The van der Waals surface area contributed by atoms with E-state index in [0.29, 0.717) is 30.1 Å². The highest BCUT2D eigenvalue weighted by molar-refractivity contribution is 5.98. The van der Waals surface area contributed by atoms with Crippen molar-refractivity contribution >= 4 is 17.5 Å². The topological polar surface area (TPSA) is 97.6 Å². The number of likely N-dealkylation sites (N-methyl/N-ethyl adjacent to an activating group) is 1. The van der Waals surface area contributed by atoms with Crippen molar-refractivity contribution in [2.45, 2.75) is 13.5 Å². The van der Waals surface area contributed by atoms with Gasteiger partial charge in [0.1, 0.15) is 5.75 Å². The number of nitrogens with zero attached hydrogens (tertiary/aromatic N) is 3. The molecule has 0 unspecified atom stereocenters. The van der Waals surface area contributed by atoms with E-state index in [9.17, 15) is 9.59 Å². The van der Waals surface area contributed by atoms with Gasteiger partial charge in [-0.3, -0.25) is 9.59 Å². The van der Waals surface area contributed by atoms with Gasteiger partial charge in [0.15, 0.2) is 6.61 Å². The average Bonchev–Trinajstić information content (AvgIpc) is 3.23. The highest BCUT2D eigenvalue weighted by Crippen LogP contribution is 2.35. The summed E-state index contributed by atoms with van der Waals surface area (Å²) >= 11 is 0. The molecule has 8 nitrogen and oxygen atoms in total. The molecule has 2 amide bonds. The lowest BCUT2D eigenvalue weighted by atomic mass is 10.1. The molecule has 0 saturated heterocycles. The molecule has 0 aliphatic carbocycles. The second-order valence-electron chi connectivity index (χ2n) is 6.20.